The molecule has 0 aromatic heterocycles. The van der Waals surface area contributed by atoms with Gasteiger partial charge in [-0.15, -0.1) is 0 Å². The average molecular weight is 240 g/mol. The Morgan fingerprint density at radius 3 is 2.50 bits per heavy atom. The number of fused-ring (bicyclic) bond motifs is 1. The van der Waals surface area contributed by atoms with Crippen LogP contribution in [0.1, 0.15) is 10.4 Å². The quantitative estimate of drug-likeness (QED) is 0.744. The zero-order valence-corrected chi connectivity index (χ0v) is 8.92. The Morgan fingerprint density at radius 1 is 1.19 bits per heavy atom. The van der Waals surface area contributed by atoms with Crippen LogP contribution in [0.3, 0.4) is 0 Å². The monoisotopic (exact) mass is 239 g/mol. The van der Waals surface area contributed by atoms with Gasteiger partial charge in [0.05, 0.1) is 23.4 Å². The number of ether oxygens (including phenoxy) is 1. The van der Waals surface area contributed by atoms with Crippen molar-refractivity contribution in [3.05, 3.63) is 22.7 Å². The Bertz CT molecular complexity index is 524. The van der Waals surface area contributed by atoms with Crippen LogP contribution in [0.4, 0.5) is 5.69 Å². The molecule has 0 saturated heterocycles. The van der Waals surface area contributed by atoms with E-state index in [1.165, 1.54) is 19.2 Å². The molecule has 0 fully saturated rings. The highest BCUT2D eigenvalue weighted by Crippen LogP contribution is 2.33. The van der Waals surface area contributed by atoms with Crippen molar-refractivity contribution in [2.75, 3.05) is 12.4 Å². The molecule has 16 heavy (non-hydrogen) atoms. The van der Waals surface area contributed by atoms with Crippen molar-refractivity contribution in [2.24, 2.45) is 0 Å². The van der Waals surface area contributed by atoms with Crippen LogP contribution >= 0.6 is 11.6 Å². The molecular formula is C10H6ClNO4. The molecular weight excluding hydrogens is 234 g/mol. The highest BCUT2D eigenvalue weighted by atomic mass is 35.5. The predicted molar refractivity (Wildman–Crippen MR) is 56.0 cm³/mol. The number of ketones is 2. The van der Waals surface area contributed by atoms with Gasteiger partial charge in [0.1, 0.15) is 5.75 Å². The van der Waals surface area contributed by atoms with Crippen LogP contribution in [0.2, 0.25) is 5.02 Å². The lowest BCUT2D eigenvalue weighted by Gasteiger charge is -2.16. The maximum absolute atomic E-state index is 11.5. The molecule has 1 N–H and O–H groups in total. The van der Waals surface area contributed by atoms with Crippen LogP contribution in [0.25, 0.3) is 0 Å². The Kier molecular flexibility index (Phi) is 2.40. The first kappa shape index (κ1) is 10.6. The predicted octanol–water partition coefficient (Wildman–Crippen LogP) is 1.05. The molecule has 0 saturated carbocycles. The van der Waals surface area contributed by atoms with E-state index in [9.17, 15) is 14.4 Å². The van der Waals surface area contributed by atoms with Crippen molar-refractivity contribution >= 4 is 34.8 Å². The average Bonchev–Trinajstić information content (AvgIpc) is 2.27. The summed E-state index contributed by atoms with van der Waals surface area (Å²) in [5.74, 6) is -2.57. The minimum absolute atomic E-state index is 0.0791. The first-order valence-electron chi connectivity index (χ1n) is 4.32. The number of nitrogens with one attached hydrogen (secondary N) is 1. The molecule has 0 radical (unpaired) electrons. The topological polar surface area (TPSA) is 72.5 Å². The zero-order valence-electron chi connectivity index (χ0n) is 8.17. The van der Waals surface area contributed by atoms with Crippen LogP contribution < -0.4 is 10.1 Å². The molecule has 0 unspecified atom stereocenters. The van der Waals surface area contributed by atoms with Crippen molar-refractivity contribution in [3.63, 3.8) is 0 Å². The van der Waals surface area contributed by atoms with Crippen molar-refractivity contribution in [1.29, 1.82) is 0 Å². The zero-order chi connectivity index (χ0) is 11.9. The highest BCUT2D eigenvalue weighted by Gasteiger charge is 2.32. The van der Waals surface area contributed by atoms with Crippen LogP contribution in [-0.2, 0) is 9.59 Å². The normalized spacial score (nSPS) is 14.5. The number of methoxy groups -OCH3 is 1. The molecule has 0 atom stereocenters. The van der Waals surface area contributed by atoms with Crippen molar-refractivity contribution < 1.29 is 19.1 Å². The fourth-order valence-corrected chi connectivity index (χ4v) is 1.65. The maximum Gasteiger partial charge on any atom is 0.300 e. The summed E-state index contributed by atoms with van der Waals surface area (Å²) in [7, 11) is 1.41. The molecule has 1 aromatic rings. The molecule has 1 aliphatic rings. The molecule has 0 aliphatic carbocycles. The van der Waals surface area contributed by atoms with E-state index in [2.05, 4.69) is 5.32 Å². The van der Waals surface area contributed by atoms with Crippen molar-refractivity contribution in [3.8, 4) is 5.75 Å². The third-order valence-electron chi connectivity index (χ3n) is 2.20. The van der Waals surface area contributed by atoms with E-state index in [4.69, 9.17) is 16.3 Å². The van der Waals surface area contributed by atoms with Gasteiger partial charge in [-0.25, -0.2) is 0 Å². The number of anilines is 1. The fourth-order valence-electron chi connectivity index (χ4n) is 1.41. The number of benzene rings is 1. The minimum Gasteiger partial charge on any atom is -0.495 e. The van der Waals surface area contributed by atoms with Gasteiger partial charge in [0.2, 0.25) is 5.78 Å². The van der Waals surface area contributed by atoms with E-state index in [0.717, 1.165) is 0 Å². The third-order valence-corrected chi connectivity index (χ3v) is 2.49. The lowest BCUT2D eigenvalue weighted by atomic mass is 10.0. The summed E-state index contributed by atoms with van der Waals surface area (Å²) in [6.07, 6.45) is 0. The smallest absolute Gasteiger partial charge is 0.300 e. The summed E-state index contributed by atoms with van der Waals surface area (Å²) in [5, 5.41) is 2.50. The highest BCUT2D eigenvalue weighted by molar-refractivity contribution is 6.70. The molecule has 1 aliphatic heterocycles. The minimum atomic E-state index is -1.09. The van der Waals surface area contributed by atoms with Gasteiger partial charge in [-0.3, -0.25) is 14.4 Å². The largest absolute Gasteiger partial charge is 0.495 e. The van der Waals surface area contributed by atoms with Crippen LogP contribution in [0.15, 0.2) is 12.1 Å². The SMILES string of the molecule is COc1cc2c(cc1Cl)C(=O)C(=O)C(=O)N2. The second-order valence-electron chi connectivity index (χ2n) is 3.14. The number of halogens is 1. The Balaban J connectivity index is 2.62. The number of hydrogen-bond acceptors (Lipinski definition) is 4. The Morgan fingerprint density at radius 2 is 1.88 bits per heavy atom. The maximum atomic E-state index is 11.5. The number of Topliss-reactive ketones (excluding diaryl/α,β-unsaturated/α-hetero) is 2. The number of carbonyl (C=O) groups excluding carboxylic acids is 3. The molecule has 82 valence electrons. The molecule has 5 nitrogen and oxygen atoms in total. The summed E-state index contributed by atoms with van der Waals surface area (Å²) >= 11 is 5.81. The van der Waals surface area contributed by atoms with Crippen LogP contribution in [-0.4, -0.2) is 24.6 Å². The molecule has 6 heteroatoms. The molecule has 1 heterocycles. The van der Waals surface area contributed by atoms with E-state index in [-0.39, 0.29) is 16.3 Å². The summed E-state index contributed by atoms with van der Waals surface area (Å²) in [6, 6.07) is 2.70. The summed E-state index contributed by atoms with van der Waals surface area (Å²) in [4.78, 5) is 33.7. The lowest BCUT2D eigenvalue weighted by Crippen LogP contribution is -2.35. The number of rotatable bonds is 1. The van der Waals surface area contributed by atoms with Gasteiger partial charge < -0.3 is 10.1 Å². The lowest BCUT2D eigenvalue weighted by molar-refractivity contribution is -0.132. The van der Waals surface area contributed by atoms with Gasteiger partial charge in [-0.2, -0.15) is 0 Å². The van der Waals surface area contributed by atoms with Crippen molar-refractivity contribution in [1.82, 2.24) is 0 Å². The number of hydrogen-bond donors (Lipinski definition) is 1. The van der Waals surface area contributed by atoms with Gasteiger partial charge in [-0.1, -0.05) is 11.6 Å². The Labute approximate surface area is 95.3 Å². The number of amides is 1. The summed E-state index contributed by atoms with van der Waals surface area (Å²) < 4.78 is 4.93. The number of carbonyl (C=O) groups is 3. The summed E-state index contributed by atoms with van der Waals surface area (Å²) in [5.41, 5.74) is 0.311. The van der Waals surface area contributed by atoms with Gasteiger partial charge >= 0.3 is 0 Å². The third kappa shape index (κ3) is 1.45. The van der Waals surface area contributed by atoms with Crippen LogP contribution in [0, 0.1) is 0 Å². The first-order valence-corrected chi connectivity index (χ1v) is 4.70. The van der Waals surface area contributed by atoms with E-state index in [1.54, 1.807) is 0 Å². The van der Waals surface area contributed by atoms with Gasteiger partial charge in [0.15, 0.2) is 0 Å². The van der Waals surface area contributed by atoms with E-state index < -0.39 is 17.5 Å². The second-order valence-corrected chi connectivity index (χ2v) is 3.55. The molecule has 2 rings (SSSR count). The second kappa shape index (κ2) is 3.61. The standard InChI is InChI=1S/C10H6ClNO4/c1-16-7-3-6-4(2-5(7)11)8(13)9(14)10(15)12-6/h2-3H,1H3,(H,12,15). The first-order chi connectivity index (χ1) is 7.54. The van der Waals surface area contributed by atoms with E-state index in [0.29, 0.717) is 5.75 Å². The van der Waals surface area contributed by atoms with Gasteiger partial charge in [0, 0.05) is 6.07 Å². The molecule has 1 aromatic carbocycles. The molecule has 1 amide bonds. The summed E-state index contributed by atoms with van der Waals surface area (Å²) in [6.45, 7) is 0. The van der Waals surface area contributed by atoms with E-state index >= 15 is 0 Å². The van der Waals surface area contributed by atoms with E-state index in [1.807, 2.05) is 0 Å². The van der Waals surface area contributed by atoms with Crippen molar-refractivity contribution in [2.45, 2.75) is 0 Å². The molecule has 0 spiro atoms. The fraction of sp³-hybridized carbons (Fsp3) is 0.100. The Hall–Kier alpha value is -1.88. The van der Waals surface area contributed by atoms with Gasteiger partial charge in [0.25, 0.3) is 11.7 Å². The van der Waals surface area contributed by atoms with Gasteiger partial charge in [-0.05, 0) is 6.07 Å². The molecule has 0 bridgehead atoms. The van der Waals surface area contributed by atoms with Crippen LogP contribution in [0.5, 0.6) is 5.75 Å².